The zero-order valence-electron chi connectivity index (χ0n) is 17.7. The summed E-state index contributed by atoms with van der Waals surface area (Å²) in [6.45, 7) is 1.64. The lowest BCUT2D eigenvalue weighted by molar-refractivity contribution is 0.0689. The minimum atomic E-state index is -1.07. The maximum Gasteiger partial charge on any atom is 0.356 e. The van der Waals surface area contributed by atoms with E-state index >= 15 is 0 Å². The van der Waals surface area contributed by atoms with E-state index in [1.807, 2.05) is 18.2 Å². The highest BCUT2D eigenvalue weighted by Gasteiger charge is 2.32. The number of allylic oxidation sites excluding steroid dienone is 1. The molecule has 3 heterocycles. The van der Waals surface area contributed by atoms with Crippen molar-refractivity contribution in [3.8, 4) is 11.3 Å². The average molecular weight is 485 g/mol. The van der Waals surface area contributed by atoms with Gasteiger partial charge in [-0.15, -0.1) is 10.2 Å². The highest BCUT2D eigenvalue weighted by molar-refractivity contribution is 6.39. The number of aromatic nitrogens is 3. The van der Waals surface area contributed by atoms with Gasteiger partial charge in [-0.3, -0.25) is 0 Å². The van der Waals surface area contributed by atoms with Crippen molar-refractivity contribution in [2.75, 3.05) is 18.0 Å². The third kappa shape index (κ3) is 4.61. The Balaban J connectivity index is 1.32. The fourth-order valence-electron chi connectivity index (χ4n) is 4.18. The molecule has 1 saturated carbocycles. The van der Waals surface area contributed by atoms with Gasteiger partial charge in [0.25, 0.3) is 0 Å². The molecule has 0 unspecified atom stereocenters. The zero-order chi connectivity index (χ0) is 22.9. The summed E-state index contributed by atoms with van der Waals surface area (Å²) in [4.78, 5) is 13.1. The molecule has 0 spiro atoms. The van der Waals surface area contributed by atoms with Gasteiger partial charge in [0.2, 0.25) is 0 Å². The number of carboxylic acid groups (broad SMARTS) is 1. The van der Waals surface area contributed by atoms with Gasteiger partial charge in [0.1, 0.15) is 11.5 Å². The molecule has 7 nitrogen and oxygen atoms in total. The van der Waals surface area contributed by atoms with Gasteiger partial charge in [-0.1, -0.05) is 46.6 Å². The fraction of sp³-hybridized carbons (Fsp3) is 0.333. The molecule has 9 heteroatoms. The van der Waals surface area contributed by atoms with Crippen LogP contribution >= 0.6 is 23.2 Å². The van der Waals surface area contributed by atoms with Crippen LogP contribution in [0.5, 0.6) is 0 Å². The molecule has 33 heavy (non-hydrogen) atoms. The second kappa shape index (κ2) is 9.15. The van der Waals surface area contributed by atoms with Crippen molar-refractivity contribution < 1.29 is 14.4 Å². The van der Waals surface area contributed by atoms with Crippen LogP contribution in [0.15, 0.2) is 40.9 Å². The van der Waals surface area contributed by atoms with Gasteiger partial charge in [0.15, 0.2) is 11.5 Å². The van der Waals surface area contributed by atoms with E-state index in [1.165, 1.54) is 6.07 Å². The van der Waals surface area contributed by atoms with Crippen molar-refractivity contribution in [3.63, 3.8) is 0 Å². The summed E-state index contributed by atoms with van der Waals surface area (Å²) in [5.74, 6) is 1.33. The van der Waals surface area contributed by atoms with Crippen molar-refractivity contribution >= 4 is 41.1 Å². The second-order valence-electron chi connectivity index (χ2n) is 8.45. The van der Waals surface area contributed by atoms with E-state index in [4.69, 9.17) is 32.8 Å². The third-order valence-corrected chi connectivity index (χ3v) is 6.80. The summed E-state index contributed by atoms with van der Waals surface area (Å²) >= 11 is 12.9. The van der Waals surface area contributed by atoms with Gasteiger partial charge < -0.3 is 14.5 Å². The van der Waals surface area contributed by atoms with Crippen LogP contribution in [0.2, 0.25) is 10.0 Å². The number of hydrogen-bond donors (Lipinski definition) is 1. The standard InChI is InChI=1S/C24H22Cl2N4O3/c25-17-2-1-3-18(26)21(17)22-16(23(33-29-22)15-5-6-15)7-4-14-10-12-30(13-11-14)20-9-8-19(24(31)32)27-28-20/h1-4,7-9,14-15H,5-6,10-13H2,(H,31,32). The van der Waals surface area contributed by atoms with Crippen molar-refractivity contribution in [2.45, 2.75) is 31.6 Å². The Hall–Kier alpha value is -2.90. The minimum Gasteiger partial charge on any atom is -0.476 e. The van der Waals surface area contributed by atoms with E-state index in [9.17, 15) is 4.79 Å². The third-order valence-electron chi connectivity index (χ3n) is 6.17. The van der Waals surface area contributed by atoms with E-state index in [-0.39, 0.29) is 5.69 Å². The molecular weight excluding hydrogens is 463 g/mol. The SMILES string of the molecule is O=C(O)c1ccc(N2CCC(C=Cc3c(-c4c(Cl)cccc4Cl)noc3C3CC3)CC2)nn1. The molecule has 170 valence electrons. The van der Waals surface area contributed by atoms with Crippen molar-refractivity contribution in [3.05, 3.63) is 63.5 Å². The van der Waals surface area contributed by atoms with Gasteiger partial charge in [0.05, 0.1) is 10.0 Å². The predicted octanol–water partition coefficient (Wildman–Crippen LogP) is 5.94. The normalized spacial score (nSPS) is 17.1. The van der Waals surface area contributed by atoms with Gasteiger partial charge in [-0.2, -0.15) is 0 Å². The maximum absolute atomic E-state index is 11.0. The Labute approximate surface area is 201 Å². The number of benzene rings is 1. The molecule has 1 aromatic carbocycles. The molecule has 5 rings (SSSR count). The molecule has 2 fully saturated rings. The lowest BCUT2D eigenvalue weighted by Crippen LogP contribution is -2.33. The summed E-state index contributed by atoms with van der Waals surface area (Å²) in [5, 5.41) is 22.3. The molecule has 3 aromatic rings. The molecule has 0 bridgehead atoms. The van der Waals surface area contributed by atoms with Crippen LogP contribution in [-0.2, 0) is 0 Å². The number of carboxylic acids is 1. The van der Waals surface area contributed by atoms with Crippen LogP contribution in [0.1, 0.15) is 53.4 Å². The summed E-state index contributed by atoms with van der Waals surface area (Å²) in [6.07, 6.45) is 8.44. The highest BCUT2D eigenvalue weighted by atomic mass is 35.5. The number of rotatable bonds is 6. The molecule has 0 amide bonds. The maximum atomic E-state index is 11.0. The number of aromatic carboxylic acids is 1. The molecule has 1 N–H and O–H groups in total. The van der Waals surface area contributed by atoms with Crippen LogP contribution in [0.4, 0.5) is 5.82 Å². The number of hydrogen-bond acceptors (Lipinski definition) is 6. The average Bonchev–Trinajstić information content (AvgIpc) is 3.58. The smallest absolute Gasteiger partial charge is 0.356 e. The van der Waals surface area contributed by atoms with Crippen molar-refractivity contribution in [1.29, 1.82) is 0 Å². The summed E-state index contributed by atoms with van der Waals surface area (Å²) < 4.78 is 5.74. The van der Waals surface area contributed by atoms with Crippen LogP contribution in [-0.4, -0.2) is 39.5 Å². The van der Waals surface area contributed by atoms with Crippen LogP contribution in [0, 0.1) is 5.92 Å². The number of halogens is 2. The lowest BCUT2D eigenvalue weighted by atomic mass is 9.94. The first-order chi connectivity index (χ1) is 16.0. The van der Waals surface area contributed by atoms with E-state index in [0.29, 0.717) is 39.0 Å². The van der Waals surface area contributed by atoms with Crippen LogP contribution < -0.4 is 4.90 Å². The number of nitrogens with zero attached hydrogens (tertiary/aromatic N) is 4. The molecule has 1 saturated heterocycles. The van der Waals surface area contributed by atoms with E-state index < -0.39 is 5.97 Å². The first kappa shape index (κ1) is 21.9. The fourth-order valence-corrected chi connectivity index (χ4v) is 4.75. The molecule has 0 atom stereocenters. The molecule has 1 aliphatic heterocycles. The molecular formula is C24H22Cl2N4O3. The predicted molar refractivity (Wildman–Crippen MR) is 127 cm³/mol. The summed E-state index contributed by atoms with van der Waals surface area (Å²) in [5.41, 5.74) is 2.31. The molecule has 2 aliphatic rings. The Bertz CT molecular complexity index is 1180. The van der Waals surface area contributed by atoms with Gasteiger partial charge in [0, 0.05) is 30.1 Å². The second-order valence-corrected chi connectivity index (χ2v) is 9.26. The zero-order valence-corrected chi connectivity index (χ0v) is 19.3. The van der Waals surface area contributed by atoms with Gasteiger partial charge in [-0.25, -0.2) is 4.79 Å². The monoisotopic (exact) mass is 484 g/mol. The number of carbonyl (C=O) groups is 1. The Morgan fingerprint density at radius 3 is 2.39 bits per heavy atom. The Morgan fingerprint density at radius 1 is 1.06 bits per heavy atom. The summed E-state index contributed by atoms with van der Waals surface area (Å²) in [7, 11) is 0. The van der Waals surface area contributed by atoms with Crippen LogP contribution in [0.3, 0.4) is 0 Å². The van der Waals surface area contributed by atoms with E-state index in [1.54, 1.807) is 6.07 Å². The minimum absolute atomic E-state index is 0.0498. The first-order valence-corrected chi connectivity index (χ1v) is 11.7. The van der Waals surface area contributed by atoms with Crippen molar-refractivity contribution in [2.24, 2.45) is 5.92 Å². The van der Waals surface area contributed by atoms with Crippen LogP contribution in [0.25, 0.3) is 17.3 Å². The molecule has 1 aliphatic carbocycles. The Morgan fingerprint density at radius 2 is 1.79 bits per heavy atom. The van der Waals surface area contributed by atoms with Gasteiger partial charge >= 0.3 is 5.97 Å². The van der Waals surface area contributed by atoms with Crippen molar-refractivity contribution in [1.82, 2.24) is 15.4 Å². The summed E-state index contributed by atoms with van der Waals surface area (Å²) in [6, 6.07) is 8.64. The van der Waals surface area contributed by atoms with Gasteiger partial charge in [-0.05, 0) is 55.9 Å². The Kier molecular flexibility index (Phi) is 6.08. The lowest BCUT2D eigenvalue weighted by Gasteiger charge is -2.31. The number of anilines is 1. The van der Waals surface area contributed by atoms with E-state index in [2.05, 4.69) is 32.4 Å². The highest BCUT2D eigenvalue weighted by Crippen LogP contribution is 2.46. The first-order valence-electron chi connectivity index (χ1n) is 11.0. The quantitative estimate of drug-likeness (QED) is 0.462. The number of piperidine rings is 1. The van der Waals surface area contributed by atoms with E-state index in [0.717, 1.165) is 50.1 Å². The topological polar surface area (TPSA) is 92.3 Å². The molecule has 0 radical (unpaired) electrons. The molecule has 2 aromatic heterocycles. The largest absolute Gasteiger partial charge is 0.476 e.